The van der Waals surface area contributed by atoms with Crippen molar-refractivity contribution >= 4 is 33.6 Å². The van der Waals surface area contributed by atoms with E-state index in [1.54, 1.807) is 23.9 Å². The molecule has 1 aliphatic carbocycles. The molecule has 1 fully saturated rings. The number of allylic oxidation sites excluding steroid dienone is 2. The number of halogens is 1. The minimum Gasteiger partial charge on any atom is -0.374 e. The number of nitrogens with one attached hydrogen (secondary N) is 2. The summed E-state index contributed by atoms with van der Waals surface area (Å²) in [5, 5.41) is 17.2. The van der Waals surface area contributed by atoms with Crippen molar-refractivity contribution < 1.29 is 18.7 Å². The Balaban J connectivity index is 1.24. The average Bonchev–Trinajstić information content (AvgIpc) is 3.65. The van der Waals surface area contributed by atoms with Crippen LogP contribution >= 0.6 is 0 Å². The summed E-state index contributed by atoms with van der Waals surface area (Å²) >= 11 is 0. The van der Waals surface area contributed by atoms with Crippen LogP contribution in [0.3, 0.4) is 0 Å². The molecule has 0 bridgehead atoms. The molecule has 2 amide bonds. The molecule has 1 unspecified atom stereocenters. The zero-order valence-corrected chi connectivity index (χ0v) is 27.1. The molecule has 11 heteroatoms. The van der Waals surface area contributed by atoms with Gasteiger partial charge in [0.1, 0.15) is 5.83 Å². The number of rotatable bonds is 9. The lowest BCUT2D eigenvalue weighted by Gasteiger charge is -2.43. The number of methoxy groups -OCH3 is 1. The quantitative estimate of drug-likeness (QED) is 0.266. The average molecular weight is 628 g/mol. The molecule has 10 nitrogen and oxygen atoms in total. The molecule has 3 heterocycles. The highest BCUT2D eigenvalue weighted by Gasteiger charge is 2.40. The molecule has 2 aromatic heterocycles. The van der Waals surface area contributed by atoms with Gasteiger partial charge in [0.15, 0.2) is 0 Å². The Hall–Kier alpha value is -4.35. The first-order valence-electron chi connectivity index (χ1n) is 16.0. The van der Waals surface area contributed by atoms with E-state index in [4.69, 9.17) is 4.74 Å². The number of likely N-dealkylation sites (N-methyl/N-ethyl adjacent to an activating group) is 1. The molecule has 2 aromatic carbocycles. The number of hydrogen-bond donors (Lipinski definition) is 2. The van der Waals surface area contributed by atoms with Crippen molar-refractivity contribution in [1.29, 1.82) is 0 Å². The van der Waals surface area contributed by atoms with Crippen molar-refractivity contribution in [2.75, 3.05) is 33.3 Å². The van der Waals surface area contributed by atoms with Gasteiger partial charge >= 0.3 is 0 Å². The molecular weight excluding hydrogens is 585 g/mol. The highest BCUT2D eigenvalue weighted by Crippen LogP contribution is 2.35. The largest absolute Gasteiger partial charge is 0.374 e. The third-order valence-electron chi connectivity index (χ3n) is 9.61. The molecule has 46 heavy (non-hydrogen) atoms. The lowest BCUT2D eigenvalue weighted by molar-refractivity contribution is -0.138. The van der Waals surface area contributed by atoms with E-state index >= 15 is 4.39 Å². The van der Waals surface area contributed by atoms with Crippen LogP contribution in [0.4, 0.5) is 4.39 Å². The molecule has 1 saturated heterocycles. The number of aryl methyl sites for hydroxylation is 1. The number of hydrogen-bond acceptors (Lipinski definition) is 6. The number of nitrogens with zero attached hydrogens (tertiary/aromatic N) is 5. The molecule has 2 N–H and O–H groups in total. The van der Waals surface area contributed by atoms with Crippen LogP contribution in [-0.2, 0) is 16.6 Å². The van der Waals surface area contributed by atoms with Gasteiger partial charge in [0.05, 0.1) is 28.4 Å². The zero-order valence-electron chi connectivity index (χ0n) is 27.1. The van der Waals surface area contributed by atoms with Gasteiger partial charge in [-0.2, -0.15) is 10.2 Å². The number of carbonyl (C=O) groups is 2. The summed E-state index contributed by atoms with van der Waals surface area (Å²) in [6, 6.07) is 10.9. The van der Waals surface area contributed by atoms with E-state index in [9.17, 15) is 9.59 Å². The number of aromatic amines is 1. The Morgan fingerprint density at radius 3 is 2.74 bits per heavy atom. The van der Waals surface area contributed by atoms with Gasteiger partial charge < -0.3 is 15.0 Å². The van der Waals surface area contributed by atoms with Crippen molar-refractivity contribution in [3.8, 4) is 11.3 Å². The third-order valence-corrected chi connectivity index (χ3v) is 9.61. The number of H-pyrrole nitrogens is 1. The van der Waals surface area contributed by atoms with Crippen LogP contribution < -0.4 is 5.32 Å². The number of amides is 2. The van der Waals surface area contributed by atoms with E-state index in [2.05, 4.69) is 20.6 Å². The van der Waals surface area contributed by atoms with Crippen LogP contribution in [-0.4, -0.2) is 92.6 Å². The number of fused-ring (bicyclic) bond motifs is 2. The minimum absolute atomic E-state index is 0.0312. The van der Waals surface area contributed by atoms with Crippen LogP contribution in [0.15, 0.2) is 66.1 Å². The maximum Gasteiger partial charge on any atom is 0.251 e. The molecule has 1 aliphatic heterocycles. The van der Waals surface area contributed by atoms with E-state index in [1.807, 2.05) is 74.1 Å². The molecule has 3 atom stereocenters. The molecule has 0 spiro atoms. The summed E-state index contributed by atoms with van der Waals surface area (Å²) in [6.07, 6.45) is 6.95. The number of ether oxygens (including phenoxy) is 1. The monoisotopic (exact) mass is 627 g/mol. The highest BCUT2D eigenvalue weighted by atomic mass is 19.1. The van der Waals surface area contributed by atoms with E-state index < -0.39 is 11.6 Å². The normalized spacial score (nSPS) is 22.1. The van der Waals surface area contributed by atoms with Crippen molar-refractivity contribution in [1.82, 2.24) is 35.1 Å². The van der Waals surface area contributed by atoms with Gasteiger partial charge in [0.25, 0.3) is 5.91 Å². The Morgan fingerprint density at radius 2 is 1.98 bits per heavy atom. The van der Waals surface area contributed by atoms with E-state index in [-0.39, 0.29) is 30.2 Å². The number of likely N-dealkylation sites (tertiary alicyclic amines) is 1. The summed E-state index contributed by atoms with van der Waals surface area (Å²) in [7, 11) is 3.48. The van der Waals surface area contributed by atoms with Gasteiger partial charge in [-0.05, 0) is 76.4 Å². The van der Waals surface area contributed by atoms with Gasteiger partial charge in [-0.15, -0.1) is 0 Å². The van der Waals surface area contributed by atoms with Gasteiger partial charge in [-0.1, -0.05) is 12.1 Å². The van der Waals surface area contributed by atoms with Crippen LogP contribution in [0.1, 0.15) is 50.4 Å². The zero-order chi connectivity index (χ0) is 32.6. The predicted molar refractivity (Wildman–Crippen MR) is 177 cm³/mol. The first kappa shape index (κ1) is 31.6. The topological polar surface area (TPSA) is 108 Å². The molecule has 242 valence electrons. The number of aromatic nitrogens is 4. The Bertz CT molecular complexity index is 1840. The first-order chi connectivity index (χ1) is 22.1. The van der Waals surface area contributed by atoms with Crippen molar-refractivity contribution in [3.05, 3.63) is 71.7 Å². The first-order valence-corrected chi connectivity index (χ1v) is 16.0. The van der Waals surface area contributed by atoms with Crippen molar-refractivity contribution in [2.45, 2.75) is 57.7 Å². The van der Waals surface area contributed by atoms with Crippen LogP contribution in [0, 0.1) is 0 Å². The summed E-state index contributed by atoms with van der Waals surface area (Å²) < 4.78 is 22.8. The molecule has 2 aliphatic rings. The Labute approximate surface area is 268 Å². The number of benzene rings is 2. The molecule has 4 aromatic rings. The number of piperidine rings is 1. The standard InChI is InChI=1S/C35H42FN7O3/c1-6-42(7-2)34(45)31-15-12-25(20-43(31)21-27-28(36)9-8-16-35(27,3)46-5)37-33(44)23-11-14-30-26(18-23)32(39-38-30)22-10-13-29-24(17-22)19-41(4)40-29/h8-11,13-14,17-19,25,31H,6-7,12,15-16,20-21H2,1-5H3,(H,37,44)(H,38,39)/t25-,31+,35?/m1/s1. The smallest absolute Gasteiger partial charge is 0.251 e. The maximum atomic E-state index is 15.3. The fourth-order valence-electron chi connectivity index (χ4n) is 6.82. The summed E-state index contributed by atoms with van der Waals surface area (Å²) in [6.45, 7) is 7.66. The fourth-order valence-corrected chi connectivity index (χ4v) is 6.82. The highest BCUT2D eigenvalue weighted by molar-refractivity contribution is 6.02. The Kier molecular flexibility index (Phi) is 8.80. The second kappa shape index (κ2) is 12.8. The van der Waals surface area contributed by atoms with Gasteiger partial charge in [-0.25, -0.2) is 4.39 Å². The fraction of sp³-hybridized carbons (Fsp3) is 0.429. The SMILES string of the molecule is CCN(CC)C(=O)[C@@H]1CC[C@@H](NC(=O)c2ccc3[nH]nc(-c4ccc5nn(C)cc5c4)c3c2)CN1CC1=C(F)C=CCC1(C)OC. The summed E-state index contributed by atoms with van der Waals surface area (Å²) in [4.78, 5) is 31.1. The van der Waals surface area contributed by atoms with Gasteiger partial charge in [0.2, 0.25) is 5.91 Å². The Morgan fingerprint density at radius 1 is 1.17 bits per heavy atom. The molecule has 6 rings (SSSR count). The van der Waals surface area contributed by atoms with Gasteiger partial charge in [0, 0.05) is 80.0 Å². The minimum atomic E-state index is -0.808. The molecule has 0 radical (unpaired) electrons. The lowest BCUT2D eigenvalue weighted by atomic mass is 9.85. The maximum absolute atomic E-state index is 15.3. The molecular formula is C35H42FN7O3. The van der Waals surface area contributed by atoms with Crippen molar-refractivity contribution in [2.24, 2.45) is 7.05 Å². The van der Waals surface area contributed by atoms with Gasteiger partial charge in [-0.3, -0.25) is 24.3 Å². The van der Waals surface area contributed by atoms with E-state index in [0.29, 0.717) is 50.0 Å². The van der Waals surface area contributed by atoms with E-state index in [0.717, 1.165) is 33.1 Å². The van der Waals surface area contributed by atoms with Crippen LogP contribution in [0.5, 0.6) is 0 Å². The third kappa shape index (κ3) is 5.96. The lowest BCUT2D eigenvalue weighted by Crippen LogP contribution is -2.58. The second-order valence-electron chi connectivity index (χ2n) is 12.5. The van der Waals surface area contributed by atoms with E-state index in [1.165, 1.54) is 6.08 Å². The van der Waals surface area contributed by atoms with Crippen LogP contribution in [0.25, 0.3) is 33.1 Å². The van der Waals surface area contributed by atoms with Crippen LogP contribution in [0.2, 0.25) is 0 Å². The summed E-state index contributed by atoms with van der Waals surface area (Å²) in [5.41, 5.74) is 3.65. The predicted octanol–water partition coefficient (Wildman–Crippen LogP) is 5.14. The van der Waals surface area contributed by atoms with Crippen molar-refractivity contribution in [3.63, 3.8) is 0 Å². The molecule has 0 saturated carbocycles. The summed E-state index contributed by atoms with van der Waals surface area (Å²) in [5.74, 6) is -0.505. The number of carbonyl (C=O) groups excluding carboxylic acids is 2. The second-order valence-corrected chi connectivity index (χ2v) is 12.5.